The fourth-order valence-corrected chi connectivity index (χ4v) is 13.2. The SMILES string of the molecule is CCOCN(CC)c1cc(NC(=N)N=C(NC)Nc2cc(N(CC)CC)c(OC)cc2N=Nc2nc(N3CCCCC3)c(/C=C(/C(C)=O)C(=O)Nc3cccc(S(=O)(=O)O)c3)s2)c(N=Nc2nc(N3CCCCC3)c(/C=C(\C(C)=O)C(=O)Nc3cccc(S(=O)(=O)O)c3)s2)cc1OC. The zero-order valence-electron chi connectivity index (χ0n) is 55.6. The van der Waals surface area contributed by atoms with E-state index >= 15 is 0 Å². The predicted octanol–water partition coefficient (Wildman–Crippen LogP) is 11.8. The Morgan fingerprint density at radius 1 is 0.612 bits per heavy atom. The molecular formula is C64H79N17O13S4. The van der Waals surface area contributed by atoms with Gasteiger partial charge in [0.1, 0.15) is 41.2 Å². The summed E-state index contributed by atoms with van der Waals surface area (Å²) >= 11 is 2.15. The van der Waals surface area contributed by atoms with Gasteiger partial charge in [0.15, 0.2) is 11.6 Å². The van der Waals surface area contributed by atoms with Crippen LogP contribution < -0.4 is 55.7 Å². The van der Waals surface area contributed by atoms with Gasteiger partial charge < -0.3 is 60.4 Å². The number of aliphatic imine (C=N–C) groups is 1. The molecule has 4 heterocycles. The fourth-order valence-electron chi connectivity index (χ4n) is 10.5. The quantitative estimate of drug-likeness (QED) is 0.00330. The molecule has 34 heteroatoms. The number of nitrogens with zero attached hydrogens (tertiary/aromatic N) is 11. The molecule has 6 aromatic rings. The number of methoxy groups -OCH3 is 2. The minimum absolute atomic E-state index is 0.0244. The van der Waals surface area contributed by atoms with Gasteiger partial charge in [-0.05, 0) is 141 Å². The Hall–Kier alpha value is -9.58. The molecule has 2 saturated heterocycles. The van der Waals surface area contributed by atoms with Gasteiger partial charge in [0.05, 0.1) is 67.7 Å². The topological polar surface area (TPSA) is 389 Å². The van der Waals surface area contributed by atoms with Gasteiger partial charge in [0.25, 0.3) is 32.1 Å². The standard InChI is InChI=1S/C64H79N17O13S4/c1-10-78(11-2)51-35-48(50(37-53(51)92-8)75-77-64-72-58(81-28-18-15-19-29-81)56(96-64)33-46(40(6)83)60(85)68-42-23-21-25-44(31-42)98(89,90)91)70-62(66-7)73-61(65)69-47-34-52(79(12-3)38-94-13-4)54(93-9)36-49(47)74-76-63-71-57(80-26-16-14-17-27-80)55(95-63)32-45(39(5)82)59(84)67-41-22-20-24-43(30-41)97(86,87)88/h20-25,30-37H,10-19,26-29,38H2,1-9H3,(H,67,84)(H,68,85)(H,86,87,88)(H,89,90,91)(H4,65,66,69,70,73)/b45-32+,46-33-,76-74?,77-75?. The van der Waals surface area contributed by atoms with Crippen molar-refractivity contribution in [3.63, 3.8) is 0 Å². The number of piperidine rings is 2. The second-order valence-electron chi connectivity index (χ2n) is 22.0. The second-order valence-corrected chi connectivity index (χ2v) is 26.9. The average Bonchev–Trinajstić information content (AvgIpc) is 1.28. The summed E-state index contributed by atoms with van der Waals surface area (Å²) in [7, 11) is -4.54. The van der Waals surface area contributed by atoms with Crippen molar-refractivity contribution in [2.75, 3.05) is 121 Å². The molecule has 0 bridgehead atoms. The van der Waals surface area contributed by atoms with E-state index in [1.54, 1.807) is 25.2 Å². The Labute approximate surface area is 576 Å². The number of ketones is 2. The van der Waals surface area contributed by atoms with Crippen molar-refractivity contribution in [2.24, 2.45) is 25.4 Å². The van der Waals surface area contributed by atoms with Gasteiger partial charge in [-0.1, -0.05) is 34.8 Å². The maximum absolute atomic E-state index is 13.8. The van der Waals surface area contributed by atoms with Crippen molar-refractivity contribution in [1.82, 2.24) is 15.3 Å². The van der Waals surface area contributed by atoms with Gasteiger partial charge in [0.2, 0.25) is 22.2 Å². The number of Topliss-reactive ketones (excluding diaryl/α,β-unsaturated/α-hetero) is 2. The van der Waals surface area contributed by atoms with Crippen LogP contribution in [0.4, 0.5) is 67.4 Å². The van der Waals surface area contributed by atoms with Crippen LogP contribution in [-0.2, 0) is 44.2 Å². The average molecular weight is 1420 g/mol. The number of nitrogens with one attached hydrogen (secondary N) is 6. The van der Waals surface area contributed by atoms with Gasteiger partial charge in [-0.3, -0.25) is 33.7 Å². The summed E-state index contributed by atoms with van der Waals surface area (Å²) in [6.45, 7) is 15.1. The van der Waals surface area contributed by atoms with E-state index in [1.165, 1.54) is 64.5 Å². The maximum atomic E-state index is 13.8. The Morgan fingerprint density at radius 3 is 1.43 bits per heavy atom. The summed E-state index contributed by atoms with van der Waals surface area (Å²) in [4.78, 5) is 76.5. The highest BCUT2D eigenvalue weighted by molar-refractivity contribution is 7.86. The number of carbonyl (C=O) groups is 4. The fraction of sp³-hybridized carbons (Fsp3) is 0.375. The maximum Gasteiger partial charge on any atom is 0.294 e. The van der Waals surface area contributed by atoms with Crippen LogP contribution in [0.1, 0.15) is 89.8 Å². The lowest BCUT2D eigenvalue weighted by Crippen LogP contribution is -2.30. The molecule has 2 aliphatic rings. The molecule has 0 aliphatic carbocycles. The number of hydrogen-bond acceptors (Lipinski definition) is 24. The van der Waals surface area contributed by atoms with Crippen molar-refractivity contribution in [3.8, 4) is 11.5 Å². The number of amides is 2. The third-order valence-electron chi connectivity index (χ3n) is 15.5. The summed E-state index contributed by atoms with van der Waals surface area (Å²) in [6.07, 6.45) is 8.28. The largest absolute Gasteiger partial charge is 0.494 e. The summed E-state index contributed by atoms with van der Waals surface area (Å²) < 4.78 is 84.5. The van der Waals surface area contributed by atoms with Gasteiger partial charge >= 0.3 is 0 Å². The normalized spacial score (nSPS) is 14.1. The Balaban J connectivity index is 1.15. The van der Waals surface area contributed by atoms with Crippen molar-refractivity contribution in [1.29, 1.82) is 5.41 Å². The summed E-state index contributed by atoms with van der Waals surface area (Å²) in [5.74, 6) is -1.35. The predicted molar refractivity (Wildman–Crippen MR) is 382 cm³/mol. The first-order chi connectivity index (χ1) is 46.9. The smallest absolute Gasteiger partial charge is 0.294 e. The van der Waals surface area contributed by atoms with E-state index < -0.39 is 53.4 Å². The van der Waals surface area contributed by atoms with E-state index in [1.807, 2.05) is 48.5 Å². The molecule has 0 unspecified atom stereocenters. The molecule has 98 heavy (non-hydrogen) atoms. The van der Waals surface area contributed by atoms with Crippen LogP contribution in [0.2, 0.25) is 0 Å². The number of azo groups is 2. The number of anilines is 8. The zero-order valence-corrected chi connectivity index (χ0v) is 58.9. The first-order valence-corrected chi connectivity index (χ1v) is 35.9. The van der Waals surface area contributed by atoms with E-state index in [0.717, 1.165) is 85.5 Å². The molecule has 0 spiro atoms. The molecule has 4 aromatic carbocycles. The van der Waals surface area contributed by atoms with Crippen LogP contribution in [0.15, 0.2) is 119 Å². The van der Waals surface area contributed by atoms with E-state index in [-0.39, 0.29) is 68.5 Å². The monoisotopic (exact) mass is 1420 g/mol. The van der Waals surface area contributed by atoms with Gasteiger partial charge in [-0.2, -0.15) is 31.8 Å². The van der Waals surface area contributed by atoms with Crippen LogP contribution >= 0.6 is 22.7 Å². The van der Waals surface area contributed by atoms with E-state index in [4.69, 9.17) is 29.3 Å². The van der Waals surface area contributed by atoms with Gasteiger partial charge in [-0.15, -0.1) is 20.5 Å². The van der Waals surface area contributed by atoms with E-state index in [0.29, 0.717) is 102 Å². The van der Waals surface area contributed by atoms with Crippen molar-refractivity contribution in [2.45, 2.75) is 89.9 Å². The van der Waals surface area contributed by atoms with Gasteiger partial charge in [0, 0.05) is 83.0 Å². The number of benzene rings is 4. The molecule has 8 N–H and O–H groups in total. The Morgan fingerprint density at radius 2 is 1.04 bits per heavy atom. The number of rotatable bonds is 28. The highest BCUT2D eigenvalue weighted by Gasteiger charge is 2.27. The van der Waals surface area contributed by atoms with Crippen LogP contribution in [0.3, 0.4) is 0 Å². The van der Waals surface area contributed by atoms with Gasteiger partial charge in [-0.25, -0.2) is 0 Å². The minimum Gasteiger partial charge on any atom is -0.494 e. The second kappa shape index (κ2) is 34.1. The molecule has 2 aromatic heterocycles. The highest BCUT2D eigenvalue weighted by atomic mass is 32.2. The first kappa shape index (κ1) is 74.2. The van der Waals surface area contributed by atoms with Crippen LogP contribution in [0.25, 0.3) is 12.2 Å². The number of hydrogen-bond donors (Lipinski definition) is 8. The van der Waals surface area contributed by atoms with E-state index in [9.17, 15) is 50.5 Å². The third-order valence-corrected chi connectivity index (χ3v) is 18.9. The number of aromatic nitrogens is 2. The third kappa shape index (κ3) is 19.4. The lowest BCUT2D eigenvalue weighted by molar-refractivity contribution is -0.120. The molecule has 8 rings (SSSR count). The van der Waals surface area contributed by atoms with Crippen LogP contribution in [0.5, 0.6) is 11.5 Å². The molecule has 2 fully saturated rings. The number of thiazole rings is 2. The number of ether oxygens (including phenoxy) is 3. The Kier molecular flexibility index (Phi) is 25.8. The number of carbonyl (C=O) groups excluding carboxylic acids is 4. The molecule has 522 valence electrons. The van der Waals surface area contributed by atoms with Crippen LogP contribution in [-0.4, -0.2) is 152 Å². The molecule has 0 atom stereocenters. The lowest BCUT2D eigenvalue weighted by atomic mass is 10.1. The molecule has 30 nitrogen and oxygen atoms in total. The lowest BCUT2D eigenvalue weighted by Gasteiger charge is -2.27. The summed E-state index contributed by atoms with van der Waals surface area (Å²) in [5.41, 5.74) is 1.90. The first-order valence-electron chi connectivity index (χ1n) is 31.4. The molecule has 0 radical (unpaired) electrons. The van der Waals surface area contributed by atoms with Crippen molar-refractivity contribution >= 4 is 158 Å². The summed E-state index contributed by atoms with van der Waals surface area (Å²) in [5, 5.41) is 42.9. The van der Waals surface area contributed by atoms with Crippen LogP contribution in [0, 0.1) is 5.41 Å². The molecule has 2 amide bonds. The summed E-state index contributed by atoms with van der Waals surface area (Å²) in [6, 6.07) is 16.8. The van der Waals surface area contributed by atoms with E-state index in [2.05, 4.69) is 51.8 Å². The Bertz CT molecular complexity index is 4330. The molecular weight excluding hydrogens is 1340 g/mol. The minimum atomic E-state index is -4.60. The zero-order chi connectivity index (χ0) is 70.8. The van der Waals surface area contributed by atoms with Crippen molar-refractivity contribution in [3.05, 3.63) is 93.7 Å². The number of guanidine groups is 2. The van der Waals surface area contributed by atoms with Crippen molar-refractivity contribution < 1.29 is 59.3 Å². The molecule has 2 aliphatic heterocycles. The highest BCUT2D eigenvalue weighted by Crippen LogP contribution is 2.44. The molecule has 0 saturated carbocycles.